The van der Waals surface area contributed by atoms with Crippen LogP contribution in [0, 0.1) is 25.2 Å². The van der Waals surface area contributed by atoms with Crippen molar-refractivity contribution in [3.63, 3.8) is 0 Å². The van der Waals surface area contributed by atoms with Crippen molar-refractivity contribution >= 4 is 40.7 Å². The molecule has 1 N–H and O–H groups in total. The lowest BCUT2D eigenvalue weighted by atomic mass is 10.0. The summed E-state index contributed by atoms with van der Waals surface area (Å²) in [6.45, 7) is 7.30. The molecule has 1 aliphatic rings. The highest BCUT2D eigenvalue weighted by Crippen LogP contribution is 2.33. The quantitative estimate of drug-likeness (QED) is 0.614. The smallest absolute Gasteiger partial charge is 0.275 e. The summed E-state index contributed by atoms with van der Waals surface area (Å²) >= 11 is 6.27. The number of nitrogens with zero attached hydrogens (tertiary/aromatic N) is 2. The minimum atomic E-state index is -0.750. The van der Waals surface area contributed by atoms with Gasteiger partial charge in [0, 0.05) is 5.69 Å². The van der Waals surface area contributed by atoms with E-state index in [0.29, 0.717) is 23.4 Å². The monoisotopic (exact) mass is 465 g/mol. The topological polar surface area (TPSA) is 99.5 Å². The Morgan fingerprint density at radius 3 is 2.58 bits per heavy atom. The van der Waals surface area contributed by atoms with Crippen molar-refractivity contribution < 1.29 is 19.1 Å². The van der Waals surface area contributed by atoms with Gasteiger partial charge in [-0.25, -0.2) is 4.90 Å². The first-order valence-electron chi connectivity index (χ1n) is 10.5. The fourth-order valence-electron chi connectivity index (χ4n) is 3.58. The van der Waals surface area contributed by atoms with Crippen molar-refractivity contribution in [2.45, 2.75) is 46.6 Å². The molecule has 0 saturated carbocycles. The minimum absolute atomic E-state index is 0.0663. The molecule has 3 rings (SSSR count). The van der Waals surface area contributed by atoms with Gasteiger partial charge in [-0.2, -0.15) is 5.26 Å². The molecule has 1 aliphatic heterocycles. The number of ether oxygens (including phenoxy) is 1. The van der Waals surface area contributed by atoms with Gasteiger partial charge in [0.15, 0.2) is 6.10 Å². The standard InChI is InChI=1S/C25H24ClN3O4/c1-5-21(33-22-9-6-14(2)10-16(22)4)24(31)28-17-7-8-19(26)20(12-17)29-23(30)11-15(3)18(13-27)25(29)32/h6-10,12,21H,5,11H2,1-4H3,(H,28,31). The van der Waals surface area contributed by atoms with Gasteiger partial charge in [-0.3, -0.25) is 14.4 Å². The molecule has 8 heteroatoms. The molecule has 0 spiro atoms. The van der Waals surface area contributed by atoms with Crippen LogP contribution >= 0.6 is 11.6 Å². The Balaban J connectivity index is 1.84. The van der Waals surface area contributed by atoms with Crippen LogP contribution in [-0.4, -0.2) is 23.8 Å². The second kappa shape index (κ2) is 9.88. The molecule has 2 aromatic carbocycles. The Morgan fingerprint density at radius 2 is 1.94 bits per heavy atom. The average Bonchev–Trinajstić information content (AvgIpc) is 2.75. The lowest BCUT2D eigenvalue weighted by Gasteiger charge is -2.27. The number of anilines is 2. The predicted octanol–water partition coefficient (Wildman–Crippen LogP) is 4.86. The summed E-state index contributed by atoms with van der Waals surface area (Å²) in [5.41, 5.74) is 2.79. The van der Waals surface area contributed by atoms with Gasteiger partial charge in [-0.05, 0) is 62.6 Å². The summed E-state index contributed by atoms with van der Waals surface area (Å²) in [5, 5.41) is 12.2. The number of amides is 3. The number of hydrogen-bond donors (Lipinski definition) is 1. The van der Waals surface area contributed by atoms with E-state index >= 15 is 0 Å². The molecule has 0 fully saturated rings. The minimum Gasteiger partial charge on any atom is -0.480 e. The van der Waals surface area contributed by atoms with E-state index in [9.17, 15) is 19.6 Å². The molecule has 0 saturated heterocycles. The van der Waals surface area contributed by atoms with Crippen LogP contribution in [0.15, 0.2) is 47.5 Å². The van der Waals surface area contributed by atoms with E-state index in [2.05, 4.69) is 5.32 Å². The molecular formula is C25H24ClN3O4. The van der Waals surface area contributed by atoms with Gasteiger partial charge >= 0.3 is 0 Å². The number of rotatable bonds is 6. The van der Waals surface area contributed by atoms with Crippen LogP contribution in [0.25, 0.3) is 0 Å². The van der Waals surface area contributed by atoms with Crippen molar-refractivity contribution in [3.8, 4) is 11.8 Å². The summed E-state index contributed by atoms with van der Waals surface area (Å²) < 4.78 is 5.93. The fraction of sp³-hybridized carbons (Fsp3) is 0.280. The molecule has 0 aromatic heterocycles. The molecule has 2 aromatic rings. The Bertz CT molecular complexity index is 1210. The highest BCUT2D eigenvalue weighted by Gasteiger charge is 2.34. The zero-order valence-electron chi connectivity index (χ0n) is 18.9. The molecule has 0 bridgehead atoms. The second-order valence-corrected chi connectivity index (χ2v) is 8.32. The van der Waals surface area contributed by atoms with Crippen LogP contribution in [0.2, 0.25) is 5.02 Å². The summed E-state index contributed by atoms with van der Waals surface area (Å²) in [6.07, 6.45) is -0.388. The Kier molecular flexibility index (Phi) is 7.19. The molecule has 0 radical (unpaired) electrons. The zero-order chi connectivity index (χ0) is 24.3. The highest BCUT2D eigenvalue weighted by atomic mass is 35.5. The Hall–Kier alpha value is -3.63. The molecule has 33 heavy (non-hydrogen) atoms. The first kappa shape index (κ1) is 24.0. The van der Waals surface area contributed by atoms with Gasteiger partial charge in [0.05, 0.1) is 17.1 Å². The summed E-state index contributed by atoms with van der Waals surface area (Å²) in [6, 6.07) is 12.1. The molecule has 0 aliphatic carbocycles. The van der Waals surface area contributed by atoms with Gasteiger partial charge in [-0.15, -0.1) is 0 Å². The molecular weight excluding hydrogens is 442 g/mol. The second-order valence-electron chi connectivity index (χ2n) is 7.92. The molecule has 1 unspecified atom stereocenters. The first-order chi connectivity index (χ1) is 15.7. The van der Waals surface area contributed by atoms with Crippen LogP contribution in [0.5, 0.6) is 5.75 Å². The largest absolute Gasteiger partial charge is 0.480 e. The maximum Gasteiger partial charge on any atom is 0.275 e. The first-order valence-corrected chi connectivity index (χ1v) is 10.9. The van der Waals surface area contributed by atoms with Gasteiger partial charge in [0.1, 0.15) is 17.4 Å². The number of imide groups is 1. The number of carbonyl (C=O) groups excluding carboxylic acids is 3. The number of nitrogens with one attached hydrogen (secondary N) is 1. The maximum atomic E-state index is 12.9. The third-order valence-electron chi connectivity index (χ3n) is 5.34. The summed E-state index contributed by atoms with van der Waals surface area (Å²) in [4.78, 5) is 39.1. The normalized spacial score (nSPS) is 14.7. The van der Waals surface area contributed by atoms with Crippen molar-refractivity contribution in [3.05, 3.63) is 63.7 Å². The summed E-state index contributed by atoms with van der Waals surface area (Å²) in [5.74, 6) is -0.988. The fourth-order valence-corrected chi connectivity index (χ4v) is 3.78. The highest BCUT2D eigenvalue weighted by molar-refractivity contribution is 6.36. The van der Waals surface area contributed by atoms with E-state index in [1.807, 2.05) is 45.0 Å². The number of nitriles is 1. The van der Waals surface area contributed by atoms with Crippen molar-refractivity contribution in [1.29, 1.82) is 5.26 Å². The number of benzene rings is 2. The lowest BCUT2D eigenvalue weighted by Crippen LogP contribution is -2.41. The predicted molar refractivity (Wildman–Crippen MR) is 126 cm³/mol. The van der Waals surface area contributed by atoms with Crippen LogP contribution in [-0.2, 0) is 14.4 Å². The van der Waals surface area contributed by atoms with Gasteiger partial charge in [0.25, 0.3) is 11.8 Å². The van der Waals surface area contributed by atoms with E-state index in [1.165, 1.54) is 12.1 Å². The zero-order valence-corrected chi connectivity index (χ0v) is 19.6. The van der Waals surface area contributed by atoms with Crippen LogP contribution in [0.3, 0.4) is 0 Å². The Labute approximate surface area is 197 Å². The molecule has 7 nitrogen and oxygen atoms in total. The van der Waals surface area contributed by atoms with E-state index in [4.69, 9.17) is 16.3 Å². The summed E-state index contributed by atoms with van der Waals surface area (Å²) in [7, 11) is 0. The number of hydrogen-bond acceptors (Lipinski definition) is 5. The van der Waals surface area contributed by atoms with Crippen molar-refractivity contribution in [1.82, 2.24) is 0 Å². The lowest BCUT2D eigenvalue weighted by molar-refractivity contribution is -0.125. The van der Waals surface area contributed by atoms with E-state index in [0.717, 1.165) is 16.0 Å². The van der Waals surface area contributed by atoms with Crippen LogP contribution in [0.4, 0.5) is 11.4 Å². The number of aryl methyl sites for hydroxylation is 2. The van der Waals surface area contributed by atoms with Gasteiger partial charge in [-0.1, -0.05) is 36.2 Å². The molecule has 3 amide bonds. The third kappa shape index (κ3) is 5.07. The van der Waals surface area contributed by atoms with E-state index < -0.39 is 17.9 Å². The Morgan fingerprint density at radius 1 is 1.21 bits per heavy atom. The maximum absolute atomic E-state index is 12.9. The van der Waals surface area contributed by atoms with Crippen LogP contribution in [0.1, 0.15) is 37.8 Å². The van der Waals surface area contributed by atoms with Gasteiger partial charge in [0.2, 0.25) is 5.91 Å². The molecule has 1 atom stereocenters. The van der Waals surface area contributed by atoms with E-state index in [1.54, 1.807) is 13.0 Å². The van der Waals surface area contributed by atoms with Gasteiger partial charge < -0.3 is 10.1 Å². The number of halogens is 1. The molecule has 170 valence electrons. The third-order valence-corrected chi connectivity index (χ3v) is 5.66. The average molecular weight is 466 g/mol. The molecule has 1 heterocycles. The number of carbonyl (C=O) groups is 3. The van der Waals surface area contributed by atoms with E-state index in [-0.39, 0.29) is 28.6 Å². The SMILES string of the molecule is CCC(Oc1ccc(C)cc1C)C(=O)Nc1ccc(Cl)c(N2C(=O)CC(C)=C(C#N)C2=O)c1. The van der Waals surface area contributed by atoms with Crippen molar-refractivity contribution in [2.24, 2.45) is 0 Å². The van der Waals surface area contributed by atoms with Crippen LogP contribution < -0.4 is 15.0 Å². The van der Waals surface area contributed by atoms with Crippen molar-refractivity contribution in [2.75, 3.05) is 10.2 Å².